The second-order valence-corrected chi connectivity index (χ2v) is 7.91. The Bertz CT molecular complexity index is 1310. The maximum Gasteiger partial charge on any atom is 0.293 e. The van der Waals surface area contributed by atoms with Crippen LogP contribution in [-0.2, 0) is 22.4 Å². The molecule has 158 valence electrons. The number of carbonyl (C=O) groups excluding carboxylic acids is 1. The zero-order valence-corrected chi connectivity index (χ0v) is 17.6. The minimum atomic E-state index is -0.255. The largest absolute Gasteiger partial charge is 0.464 e. The second-order valence-electron chi connectivity index (χ2n) is 7.91. The third-order valence-corrected chi connectivity index (χ3v) is 5.81. The average Bonchev–Trinajstić information content (AvgIpc) is 3.48. The van der Waals surface area contributed by atoms with E-state index in [2.05, 4.69) is 64.1 Å². The predicted molar refractivity (Wildman–Crippen MR) is 128 cm³/mol. The standard InChI is InChI=1S/C28H24N2O2/c31-20-32-24(17-21-9-3-1-4-10-21)19-27-28(22-11-5-2-6-12-22)25-18-23(13-14-26(25)29-27)30-15-7-8-16-30/h1-16,18,20,24,29H,17,19H2. The SMILES string of the molecule is O=COC(Cc1ccccc1)Cc1[nH]c2ccc(-n3cccc3)cc2c1-c1ccccc1. The summed E-state index contributed by atoms with van der Waals surface area (Å²) in [5, 5.41) is 1.15. The smallest absolute Gasteiger partial charge is 0.293 e. The lowest BCUT2D eigenvalue weighted by Crippen LogP contribution is -2.19. The van der Waals surface area contributed by atoms with Gasteiger partial charge in [0.15, 0.2) is 0 Å². The van der Waals surface area contributed by atoms with Crippen molar-refractivity contribution < 1.29 is 9.53 Å². The molecule has 0 saturated heterocycles. The van der Waals surface area contributed by atoms with Crippen molar-refractivity contribution in [2.24, 2.45) is 0 Å². The van der Waals surface area contributed by atoms with Crippen LogP contribution in [0.15, 0.2) is 103 Å². The van der Waals surface area contributed by atoms with Gasteiger partial charge in [-0.3, -0.25) is 4.79 Å². The van der Waals surface area contributed by atoms with Crippen molar-refractivity contribution in [3.8, 4) is 16.8 Å². The van der Waals surface area contributed by atoms with Gasteiger partial charge in [0, 0.05) is 53.1 Å². The molecule has 0 aliphatic rings. The van der Waals surface area contributed by atoms with Crippen molar-refractivity contribution in [1.82, 2.24) is 9.55 Å². The lowest BCUT2D eigenvalue weighted by molar-refractivity contribution is -0.133. The summed E-state index contributed by atoms with van der Waals surface area (Å²) in [6, 6.07) is 31.0. The highest BCUT2D eigenvalue weighted by molar-refractivity contribution is 5.98. The molecule has 0 amide bonds. The molecule has 3 aromatic carbocycles. The lowest BCUT2D eigenvalue weighted by atomic mass is 9.97. The molecule has 0 aliphatic carbocycles. The summed E-state index contributed by atoms with van der Waals surface area (Å²) in [6.45, 7) is 0.558. The fraction of sp³-hybridized carbons (Fsp3) is 0.107. The highest BCUT2D eigenvalue weighted by Crippen LogP contribution is 2.35. The topological polar surface area (TPSA) is 47.0 Å². The van der Waals surface area contributed by atoms with Crippen LogP contribution in [0.2, 0.25) is 0 Å². The summed E-state index contributed by atoms with van der Waals surface area (Å²) in [4.78, 5) is 14.9. The number of nitrogens with one attached hydrogen (secondary N) is 1. The van der Waals surface area contributed by atoms with Gasteiger partial charge in [0.25, 0.3) is 6.47 Å². The second kappa shape index (κ2) is 8.98. The van der Waals surface area contributed by atoms with E-state index in [1.54, 1.807) is 0 Å². The third-order valence-electron chi connectivity index (χ3n) is 5.81. The molecule has 1 unspecified atom stereocenters. The first kappa shape index (κ1) is 19.9. The van der Waals surface area contributed by atoms with E-state index in [9.17, 15) is 4.79 Å². The van der Waals surface area contributed by atoms with Gasteiger partial charge in [0.2, 0.25) is 0 Å². The van der Waals surface area contributed by atoms with Gasteiger partial charge in [0.1, 0.15) is 6.10 Å². The van der Waals surface area contributed by atoms with Crippen molar-refractivity contribution in [2.75, 3.05) is 0 Å². The van der Waals surface area contributed by atoms with E-state index in [4.69, 9.17) is 4.74 Å². The zero-order valence-electron chi connectivity index (χ0n) is 17.6. The molecule has 32 heavy (non-hydrogen) atoms. The summed E-state index contributed by atoms with van der Waals surface area (Å²) in [5.74, 6) is 0. The summed E-state index contributed by atoms with van der Waals surface area (Å²) in [7, 11) is 0. The van der Waals surface area contributed by atoms with Crippen molar-refractivity contribution in [1.29, 1.82) is 0 Å². The summed E-state index contributed by atoms with van der Waals surface area (Å²) >= 11 is 0. The van der Waals surface area contributed by atoms with Gasteiger partial charge in [-0.15, -0.1) is 0 Å². The van der Waals surface area contributed by atoms with Crippen LogP contribution in [0.25, 0.3) is 27.7 Å². The van der Waals surface area contributed by atoms with Crippen molar-refractivity contribution in [2.45, 2.75) is 18.9 Å². The Hall–Kier alpha value is -4.05. The summed E-state index contributed by atoms with van der Waals surface area (Å²) in [5.41, 5.74) is 6.69. The molecule has 5 aromatic rings. The number of hydrogen-bond acceptors (Lipinski definition) is 2. The van der Waals surface area contributed by atoms with Crippen molar-refractivity contribution in [3.05, 3.63) is 115 Å². The van der Waals surface area contributed by atoms with Crippen LogP contribution < -0.4 is 0 Å². The molecule has 0 fully saturated rings. The van der Waals surface area contributed by atoms with Gasteiger partial charge in [-0.05, 0) is 41.5 Å². The van der Waals surface area contributed by atoms with Crippen molar-refractivity contribution >= 4 is 17.4 Å². The van der Waals surface area contributed by atoms with Crippen LogP contribution in [0.4, 0.5) is 0 Å². The van der Waals surface area contributed by atoms with Gasteiger partial charge in [0.05, 0.1) is 0 Å². The van der Waals surface area contributed by atoms with Crippen LogP contribution in [0, 0.1) is 0 Å². The van der Waals surface area contributed by atoms with Crippen LogP contribution >= 0.6 is 0 Å². The normalized spacial score (nSPS) is 12.0. The summed E-state index contributed by atoms with van der Waals surface area (Å²) in [6.07, 6.45) is 5.10. The molecule has 2 aromatic heterocycles. The maximum absolute atomic E-state index is 11.3. The number of fused-ring (bicyclic) bond motifs is 1. The van der Waals surface area contributed by atoms with E-state index in [-0.39, 0.29) is 6.10 Å². The number of aromatic nitrogens is 2. The molecule has 0 spiro atoms. The molecule has 5 rings (SSSR count). The maximum atomic E-state index is 11.3. The molecular weight excluding hydrogens is 396 g/mol. The van der Waals surface area contributed by atoms with Gasteiger partial charge < -0.3 is 14.3 Å². The van der Waals surface area contributed by atoms with Crippen LogP contribution in [-0.4, -0.2) is 22.1 Å². The number of carbonyl (C=O) groups is 1. The number of ether oxygens (including phenoxy) is 1. The lowest BCUT2D eigenvalue weighted by Gasteiger charge is -2.16. The van der Waals surface area contributed by atoms with E-state index >= 15 is 0 Å². The van der Waals surface area contributed by atoms with Crippen LogP contribution in [0.5, 0.6) is 0 Å². The Morgan fingerprint density at radius 2 is 1.56 bits per heavy atom. The van der Waals surface area contributed by atoms with E-state index in [1.165, 1.54) is 0 Å². The average molecular weight is 421 g/mol. The molecule has 4 nitrogen and oxygen atoms in total. The molecule has 0 saturated carbocycles. The fourth-order valence-corrected chi connectivity index (χ4v) is 4.34. The minimum absolute atomic E-state index is 0.255. The predicted octanol–water partition coefficient (Wildman–Crippen LogP) is 5.95. The van der Waals surface area contributed by atoms with Gasteiger partial charge >= 0.3 is 0 Å². The molecule has 0 aliphatic heterocycles. The number of benzene rings is 3. The first-order valence-corrected chi connectivity index (χ1v) is 10.8. The zero-order chi connectivity index (χ0) is 21.8. The number of nitrogens with zero attached hydrogens (tertiary/aromatic N) is 1. The molecule has 0 bridgehead atoms. The Morgan fingerprint density at radius 3 is 2.28 bits per heavy atom. The Balaban J connectivity index is 1.58. The summed E-state index contributed by atoms with van der Waals surface area (Å²) < 4.78 is 7.62. The number of rotatable bonds is 8. The Morgan fingerprint density at radius 1 is 0.844 bits per heavy atom. The highest BCUT2D eigenvalue weighted by atomic mass is 16.5. The van der Waals surface area contributed by atoms with E-state index in [0.717, 1.165) is 39.0 Å². The third kappa shape index (κ3) is 4.08. The van der Waals surface area contributed by atoms with E-state index < -0.39 is 0 Å². The Labute approximate surface area is 187 Å². The van der Waals surface area contributed by atoms with Crippen LogP contribution in [0.1, 0.15) is 11.3 Å². The number of H-pyrrole nitrogens is 1. The molecule has 1 atom stereocenters. The molecule has 1 N–H and O–H groups in total. The van der Waals surface area contributed by atoms with E-state index in [1.807, 2.05) is 48.8 Å². The van der Waals surface area contributed by atoms with Crippen LogP contribution in [0.3, 0.4) is 0 Å². The fourth-order valence-electron chi connectivity index (χ4n) is 4.34. The molecular formula is C28H24N2O2. The monoisotopic (exact) mass is 420 g/mol. The number of hydrogen-bond donors (Lipinski definition) is 1. The first-order chi connectivity index (χ1) is 15.8. The number of aromatic amines is 1. The highest BCUT2D eigenvalue weighted by Gasteiger charge is 2.19. The van der Waals surface area contributed by atoms with E-state index in [0.29, 0.717) is 19.3 Å². The van der Waals surface area contributed by atoms with Gasteiger partial charge in [-0.2, -0.15) is 0 Å². The quantitative estimate of drug-likeness (QED) is 0.315. The van der Waals surface area contributed by atoms with Gasteiger partial charge in [-0.25, -0.2) is 0 Å². The van der Waals surface area contributed by atoms with Gasteiger partial charge in [-0.1, -0.05) is 60.7 Å². The molecule has 4 heteroatoms. The van der Waals surface area contributed by atoms with Crippen molar-refractivity contribution in [3.63, 3.8) is 0 Å². The minimum Gasteiger partial charge on any atom is -0.464 e. The molecule has 2 heterocycles. The molecule has 0 radical (unpaired) electrons. The first-order valence-electron chi connectivity index (χ1n) is 10.8. The Kier molecular flexibility index (Phi) is 5.58.